The van der Waals surface area contributed by atoms with Crippen molar-refractivity contribution >= 4 is 21.7 Å². The van der Waals surface area contributed by atoms with Crippen molar-refractivity contribution in [3.63, 3.8) is 0 Å². The zero-order valence-electron chi connectivity index (χ0n) is 13.6. The van der Waals surface area contributed by atoms with E-state index in [9.17, 15) is 13.2 Å². The zero-order valence-corrected chi connectivity index (χ0v) is 14.4. The van der Waals surface area contributed by atoms with E-state index in [4.69, 9.17) is 4.74 Å². The van der Waals surface area contributed by atoms with Crippen molar-refractivity contribution in [2.24, 2.45) is 0 Å². The smallest absolute Gasteiger partial charge is 0.338 e. The van der Waals surface area contributed by atoms with Gasteiger partial charge in [0.25, 0.3) is 10.0 Å². The number of hydrogen-bond donors (Lipinski definition) is 0. The Morgan fingerprint density at radius 3 is 2.62 bits per heavy atom. The van der Waals surface area contributed by atoms with Gasteiger partial charge < -0.3 is 4.74 Å². The lowest BCUT2D eigenvalue weighted by Crippen LogP contribution is -2.29. The van der Waals surface area contributed by atoms with Crippen LogP contribution in [0.5, 0.6) is 0 Å². The predicted octanol–water partition coefficient (Wildman–Crippen LogP) is 3.00. The number of fused-ring (bicyclic) bond motifs is 1. The van der Waals surface area contributed by atoms with Crippen LogP contribution in [0.1, 0.15) is 29.8 Å². The second-order valence-corrected chi connectivity index (χ2v) is 7.80. The first-order chi connectivity index (χ1) is 11.4. The van der Waals surface area contributed by atoms with E-state index in [1.165, 1.54) is 16.4 Å². The molecule has 0 saturated heterocycles. The van der Waals surface area contributed by atoms with Gasteiger partial charge in [-0.05, 0) is 50.1 Å². The third-order valence-corrected chi connectivity index (χ3v) is 5.65. The van der Waals surface area contributed by atoms with Crippen LogP contribution in [0.2, 0.25) is 0 Å². The molecule has 0 atom stereocenters. The number of para-hydroxylation sites is 1. The molecular formula is C18H19NO4S. The van der Waals surface area contributed by atoms with E-state index in [0.717, 1.165) is 5.56 Å². The van der Waals surface area contributed by atoms with Gasteiger partial charge in [0.15, 0.2) is 0 Å². The molecule has 0 aliphatic carbocycles. The molecule has 0 aromatic heterocycles. The highest BCUT2D eigenvalue weighted by molar-refractivity contribution is 7.92. The van der Waals surface area contributed by atoms with Crippen LogP contribution in [-0.2, 0) is 21.2 Å². The summed E-state index contributed by atoms with van der Waals surface area (Å²) in [5, 5.41) is 0. The highest BCUT2D eigenvalue weighted by Crippen LogP contribution is 2.32. The third kappa shape index (κ3) is 3.01. The average Bonchev–Trinajstić information content (AvgIpc) is 2.99. The maximum Gasteiger partial charge on any atom is 0.338 e. The summed E-state index contributed by atoms with van der Waals surface area (Å²) in [6.07, 6.45) is 0.424. The van der Waals surface area contributed by atoms with E-state index in [-0.39, 0.29) is 16.6 Å². The fraction of sp³-hybridized carbons (Fsp3) is 0.278. The van der Waals surface area contributed by atoms with E-state index in [0.29, 0.717) is 18.7 Å². The Balaban J connectivity index is 1.96. The zero-order chi connectivity index (χ0) is 17.3. The van der Waals surface area contributed by atoms with Gasteiger partial charge in [-0.25, -0.2) is 13.2 Å². The number of anilines is 1. The lowest BCUT2D eigenvalue weighted by atomic mass is 10.2. The highest BCUT2D eigenvalue weighted by Gasteiger charge is 2.31. The first kappa shape index (κ1) is 16.5. The van der Waals surface area contributed by atoms with Crippen molar-refractivity contribution in [3.8, 4) is 0 Å². The van der Waals surface area contributed by atoms with Crippen LogP contribution in [0.3, 0.4) is 0 Å². The molecule has 1 aliphatic rings. The van der Waals surface area contributed by atoms with Gasteiger partial charge in [-0.15, -0.1) is 0 Å². The lowest BCUT2D eigenvalue weighted by Gasteiger charge is -2.20. The molecule has 0 amide bonds. The van der Waals surface area contributed by atoms with Crippen molar-refractivity contribution in [1.82, 2.24) is 0 Å². The molecule has 1 heterocycles. The normalized spacial score (nSPS) is 13.9. The van der Waals surface area contributed by atoms with Crippen LogP contribution >= 0.6 is 0 Å². The minimum atomic E-state index is -3.71. The molecule has 1 aliphatic heterocycles. The molecule has 0 N–H and O–H groups in total. The van der Waals surface area contributed by atoms with E-state index in [2.05, 4.69) is 0 Å². The summed E-state index contributed by atoms with van der Waals surface area (Å²) in [5.41, 5.74) is 1.95. The lowest BCUT2D eigenvalue weighted by molar-refractivity contribution is 0.0377. The number of carbonyl (C=O) groups excluding carboxylic acids is 1. The molecule has 24 heavy (non-hydrogen) atoms. The number of benzene rings is 2. The number of sulfonamides is 1. The van der Waals surface area contributed by atoms with Crippen molar-refractivity contribution < 1.29 is 17.9 Å². The topological polar surface area (TPSA) is 63.7 Å². The maximum absolute atomic E-state index is 13.0. The Hall–Kier alpha value is -2.34. The molecule has 0 spiro atoms. The van der Waals surface area contributed by atoms with Crippen molar-refractivity contribution in [2.75, 3.05) is 10.8 Å². The summed E-state index contributed by atoms with van der Waals surface area (Å²) in [6, 6.07) is 13.5. The van der Waals surface area contributed by atoms with Gasteiger partial charge in [0, 0.05) is 6.54 Å². The SMILES string of the molecule is CC(C)OC(=O)c1cccc(S(=O)(=O)N2CCc3ccccc32)c1. The highest BCUT2D eigenvalue weighted by atomic mass is 32.2. The summed E-state index contributed by atoms with van der Waals surface area (Å²) >= 11 is 0. The summed E-state index contributed by atoms with van der Waals surface area (Å²) < 4.78 is 32.5. The van der Waals surface area contributed by atoms with E-state index < -0.39 is 16.0 Å². The molecule has 2 aromatic rings. The van der Waals surface area contributed by atoms with Gasteiger partial charge >= 0.3 is 5.97 Å². The summed E-state index contributed by atoms with van der Waals surface area (Å²) in [6.45, 7) is 3.90. The standard InChI is InChI=1S/C18H19NO4S/c1-13(2)23-18(20)15-7-5-8-16(12-15)24(21,22)19-11-10-14-6-3-4-9-17(14)19/h3-9,12-13H,10-11H2,1-2H3. The summed E-state index contributed by atoms with van der Waals surface area (Å²) in [5.74, 6) is -0.524. The van der Waals surface area contributed by atoms with Gasteiger partial charge in [-0.1, -0.05) is 24.3 Å². The Labute approximate surface area is 141 Å². The van der Waals surface area contributed by atoms with Crippen LogP contribution in [0.25, 0.3) is 0 Å². The first-order valence-electron chi connectivity index (χ1n) is 7.81. The van der Waals surface area contributed by atoms with E-state index in [1.807, 2.05) is 18.2 Å². The second kappa shape index (κ2) is 6.28. The number of carbonyl (C=O) groups is 1. The molecule has 0 saturated carbocycles. The number of hydrogen-bond acceptors (Lipinski definition) is 4. The van der Waals surface area contributed by atoms with Crippen LogP contribution in [0.15, 0.2) is 53.4 Å². The molecular weight excluding hydrogens is 326 g/mol. The monoisotopic (exact) mass is 345 g/mol. The predicted molar refractivity (Wildman–Crippen MR) is 91.7 cm³/mol. The Bertz CT molecular complexity index is 874. The minimum Gasteiger partial charge on any atom is -0.459 e. The van der Waals surface area contributed by atoms with Crippen LogP contribution in [0, 0.1) is 0 Å². The molecule has 126 valence electrons. The second-order valence-electron chi connectivity index (χ2n) is 5.94. The number of ether oxygens (including phenoxy) is 1. The number of rotatable bonds is 4. The van der Waals surface area contributed by atoms with Gasteiger partial charge in [0.1, 0.15) is 0 Å². The van der Waals surface area contributed by atoms with Crippen LogP contribution < -0.4 is 4.31 Å². The number of nitrogens with zero attached hydrogens (tertiary/aromatic N) is 1. The van der Waals surface area contributed by atoms with Crippen molar-refractivity contribution in [1.29, 1.82) is 0 Å². The average molecular weight is 345 g/mol. The van der Waals surface area contributed by atoms with E-state index >= 15 is 0 Å². The van der Waals surface area contributed by atoms with Gasteiger partial charge in [0.05, 0.1) is 22.3 Å². The summed E-state index contributed by atoms with van der Waals surface area (Å²) in [7, 11) is -3.71. The molecule has 5 nitrogen and oxygen atoms in total. The van der Waals surface area contributed by atoms with Gasteiger partial charge in [0.2, 0.25) is 0 Å². The fourth-order valence-corrected chi connectivity index (χ4v) is 4.30. The summed E-state index contributed by atoms with van der Waals surface area (Å²) in [4.78, 5) is 12.1. The number of esters is 1. The largest absolute Gasteiger partial charge is 0.459 e. The van der Waals surface area contributed by atoms with Gasteiger partial charge in [-0.3, -0.25) is 4.31 Å². The Kier molecular flexibility index (Phi) is 4.32. The molecule has 0 fully saturated rings. The van der Waals surface area contributed by atoms with Crippen molar-refractivity contribution in [2.45, 2.75) is 31.3 Å². The maximum atomic E-state index is 13.0. The first-order valence-corrected chi connectivity index (χ1v) is 9.25. The molecule has 3 rings (SSSR count). The van der Waals surface area contributed by atoms with Gasteiger partial charge in [-0.2, -0.15) is 0 Å². The third-order valence-electron chi connectivity index (χ3n) is 3.85. The molecule has 2 aromatic carbocycles. The Morgan fingerprint density at radius 2 is 1.88 bits per heavy atom. The van der Waals surface area contributed by atoms with Crippen LogP contribution in [0.4, 0.5) is 5.69 Å². The minimum absolute atomic E-state index is 0.0948. The molecule has 0 bridgehead atoms. The Morgan fingerprint density at radius 1 is 1.12 bits per heavy atom. The molecule has 0 radical (unpaired) electrons. The molecule has 6 heteroatoms. The quantitative estimate of drug-likeness (QED) is 0.799. The molecule has 0 unspecified atom stereocenters. The van der Waals surface area contributed by atoms with Crippen LogP contribution in [-0.4, -0.2) is 27.0 Å². The fourth-order valence-electron chi connectivity index (χ4n) is 2.75. The van der Waals surface area contributed by atoms with E-state index in [1.54, 1.807) is 32.0 Å². The van der Waals surface area contributed by atoms with Crippen molar-refractivity contribution in [3.05, 3.63) is 59.7 Å².